The van der Waals surface area contributed by atoms with Gasteiger partial charge < -0.3 is 4.90 Å². The van der Waals surface area contributed by atoms with Crippen molar-refractivity contribution in [2.45, 2.75) is 45.6 Å². The quantitative estimate of drug-likeness (QED) is 0.576. The molecule has 3 nitrogen and oxygen atoms in total. The molecule has 2 heterocycles. The molecule has 0 aliphatic carbocycles. The zero-order valence-electron chi connectivity index (χ0n) is 16.0. The topological polar surface area (TPSA) is 21.1 Å². The molecule has 2 aromatic carbocycles. The summed E-state index contributed by atoms with van der Waals surface area (Å²) >= 11 is 6.86. The maximum atomic E-state index is 6.86. The molecule has 0 radical (unpaired) electrons. The van der Waals surface area contributed by atoms with Crippen LogP contribution < -0.4 is 4.90 Å². The van der Waals surface area contributed by atoms with Crippen molar-refractivity contribution >= 4 is 17.3 Å². The van der Waals surface area contributed by atoms with Crippen LogP contribution in [0.1, 0.15) is 36.0 Å². The minimum absolute atomic E-state index is 0.477. The number of rotatable bonds is 4. The number of halogens is 1. The molecule has 1 aliphatic rings. The lowest BCUT2D eigenvalue weighted by Crippen LogP contribution is -2.41. The highest BCUT2D eigenvalue weighted by molar-refractivity contribution is 6.34. The molecule has 0 N–H and O–H groups in total. The Hall–Kier alpha value is -2.26. The van der Waals surface area contributed by atoms with Crippen LogP contribution >= 0.6 is 11.6 Å². The van der Waals surface area contributed by atoms with E-state index in [1.54, 1.807) is 0 Å². The highest BCUT2D eigenvalue weighted by Gasteiger charge is 2.27. The Morgan fingerprint density at radius 1 is 1.11 bits per heavy atom. The van der Waals surface area contributed by atoms with Gasteiger partial charge in [-0.25, -0.2) is 4.68 Å². The lowest BCUT2D eigenvalue weighted by molar-refractivity contribution is 0.456. The summed E-state index contributed by atoms with van der Waals surface area (Å²) < 4.78 is 1.94. The summed E-state index contributed by atoms with van der Waals surface area (Å²) in [5.41, 5.74) is 5.99. The van der Waals surface area contributed by atoms with Crippen LogP contribution in [-0.2, 0) is 6.42 Å². The number of anilines is 1. The molecule has 1 saturated heterocycles. The van der Waals surface area contributed by atoms with Gasteiger partial charge in [0.1, 0.15) is 0 Å². The number of hydrogen-bond acceptors (Lipinski definition) is 2. The lowest BCUT2D eigenvalue weighted by atomic mass is 9.93. The normalized spacial score (nSPS) is 17.3. The summed E-state index contributed by atoms with van der Waals surface area (Å²) in [4.78, 5) is 2.55. The van der Waals surface area contributed by atoms with E-state index in [0.717, 1.165) is 29.2 Å². The summed E-state index contributed by atoms with van der Waals surface area (Å²) in [6.45, 7) is 5.32. The van der Waals surface area contributed by atoms with E-state index in [9.17, 15) is 0 Å². The zero-order chi connectivity index (χ0) is 18.8. The van der Waals surface area contributed by atoms with Gasteiger partial charge in [0.15, 0.2) is 0 Å². The molecule has 0 saturated carbocycles. The van der Waals surface area contributed by atoms with E-state index in [1.165, 1.54) is 36.1 Å². The fourth-order valence-corrected chi connectivity index (χ4v) is 4.54. The minimum Gasteiger partial charge on any atom is -0.367 e. The summed E-state index contributed by atoms with van der Waals surface area (Å²) in [6, 6.07) is 15.4. The number of aromatic nitrogens is 2. The van der Waals surface area contributed by atoms with E-state index in [1.807, 2.05) is 23.1 Å². The summed E-state index contributed by atoms with van der Waals surface area (Å²) in [7, 11) is 0. The summed E-state index contributed by atoms with van der Waals surface area (Å²) in [5.74, 6) is 0. The molecule has 4 rings (SSSR count). The summed E-state index contributed by atoms with van der Waals surface area (Å²) in [5, 5.41) is 5.32. The maximum absolute atomic E-state index is 6.86. The average Bonchev–Trinajstić information content (AvgIpc) is 3.21. The SMILES string of the molecule is Cc1cc(-n2cccn2)c(C)c(N2CCCCC2Cc2ccccc2)c1Cl. The molecule has 0 spiro atoms. The van der Waals surface area contributed by atoms with Gasteiger partial charge in [-0.2, -0.15) is 5.10 Å². The first kappa shape index (κ1) is 18.1. The van der Waals surface area contributed by atoms with Crippen molar-refractivity contribution in [1.82, 2.24) is 9.78 Å². The zero-order valence-corrected chi connectivity index (χ0v) is 16.8. The van der Waals surface area contributed by atoms with Gasteiger partial charge in [-0.1, -0.05) is 41.9 Å². The van der Waals surface area contributed by atoms with Crippen LogP contribution in [0.15, 0.2) is 54.9 Å². The van der Waals surface area contributed by atoms with Gasteiger partial charge in [-0.15, -0.1) is 0 Å². The highest BCUT2D eigenvalue weighted by Crippen LogP contribution is 2.39. The molecule has 1 fully saturated rings. The summed E-state index contributed by atoms with van der Waals surface area (Å²) in [6.07, 6.45) is 8.57. The molecule has 140 valence electrons. The van der Waals surface area contributed by atoms with Gasteiger partial charge in [0, 0.05) is 25.0 Å². The Bertz CT molecular complexity index is 903. The van der Waals surface area contributed by atoms with Crippen molar-refractivity contribution < 1.29 is 0 Å². The first-order valence-corrected chi connectivity index (χ1v) is 10.1. The van der Waals surface area contributed by atoms with Gasteiger partial charge in [0.25, 0.3) is 0 Å². The third-order valence-corrected chi connectivity index (χ3v) is 6.10. The van der Waals surface area contributed by atoms with Gasteiger partial charge >= 0.3 is 0 Å². The largest absolute Gasteiger partial charge is 0.367 e. The first-order valence-electron chi connectivity index (χ1n) is 9.75. The van der Waals surface area contributed by atoms with E-state index >= 15 is 0 Å². The Labute approximate surface area is 166 Å². The first-order chi connectivity index (χ1) is 13.1. The third kappa shape index (κ3) is 3.61. The predicted molar refractivity (Wildman–Crippen MR) is 113 cm³/mol. The van der Waals surface area contributed by atoms with Crippen LogP contribution in [0.4, 0.5) is 5.69 Å². The number of piperidine rings is 1. The van der Waals surface area contributed by atoms with Crippen LogP contribution in [0, 0.1) is 13.8 Å². The second-order valence-corrected chi connectivity index (χ2v) is 7.86. The lowest BCUT2D eigenvalue weighted by Gasteiger charge is -2.40. The molecule has 1 unspecified atom stereocenters. The molecular formula is C23H26ClN3. The van der Waals surface area contributed by atoms with Crippen molar-refractivity contribution in [2.75, 3.05) is 11.4 Å². The number of benzene rings is 2. The number of hydrogen-bond donors (Lipinski definition) is 0. The molecule has 27 heavy (non-hydrogen) atoms. The molecule has 0 amide bonds. The van der Waals surface area contributed by atoms with Gasteiger partial charge in [-0.05, 0) is 68.4 Å². The number of aryl methyl sites for hydroxylation is 1. The molecule has 4 heteroatoms. The van der Waals surface area contributed by atoms with Gasteiger partial charge in [0.2, 0.25) is 0 Å². The monoisotopic (exact) mass is 379 g/mol. The second-order valence-electron chi connectivity index (χ2n) is 7.48. The third-order valence-electron chi connectivity index (χ3n) is 5.63. The van der Waals surface area contributed by atoms with E-state index < -0.39 is 0 Å². The Morgan fingerprint density at radius 3 is 2.67 bits per heavy atom. The molecule has 1 atom stereocenters. The minimum atomic E-state index is 0.477. The Morgan fingerprint density at radius 2 is 1.93 bits per heavy atom. The average molecular weight is 380 g/mol. The van der Waals surface area contributed by atoms with E-state index in [-0.39, 0.29) is 0 Å². The van der Waals surface area contributed by atoms with Crippen molar-refractivity contribution in [3.05, 3.63) is 76.6 Å². The predicted octanol–water partition coefficient (Wildman–Crippen LogP) is 5.74. The van der Waals surface area contributed by atoms with Gasteiger partial charge in [0.05, 0.1) is 16.4 Å². The second kappa shape index (κ2) is 7.77. The molecule has 1 aromatic heterocycles. The fraction of sp³-hybridized carbons (Fsp3) is 0.348. The molecule has 1 aliphatic heterocycles. The van der Waals surface area contributed by atoms with E-state index in [0.29, 0.717) is 6.04 Å². The van der Waals surface area contributed by atoms with Crippen LogP contribution in [0.25, 0.3) is 5.69 Å². The van der Waals surface area contributed by atoms with E-state index in [2.05, 4.69) is 60.2 Å². The van der Waals surface area contributed by atoms with Crippen LogP contribution in [-0.4, -0.2) is 22.4 Å². The Kier molecular flexibility index (Phi) is 5.22. The maximum Gasteiger partial charge on any atom is 0.0699 e. The van der Waals surface area contributed by atoms with Crippen LogP contribution in [0.3, 0.4) is 0 Å². The Balaban J connectivity index is 1.76. The van der Waals surface area contributed by atoms with Crippen LogP contribution in [0.5, 0.6) is 0 Å². The molecule has 3 aromatic rings. The van der Waals surface area contributed by atoms with E-state index in [4.69, 9.17) is 11.6 Å². The fourth-order valence-electron chi connectivity index (χ4n) is 4.23. The van der Waals surface area contributed by atoms with Crippen LogP contribution in [0.2, 0.25) is 5.02 Å². The number of nitrogens with zero attached hydrogens (tertiary/aromatic N) is 3. The molecular weight excluding hydrogens is 354 g/mol. The van der Waals surface area contributed by atoms with Crippen molar-refractivity contribution in [1.29, 1.82) is 0 Å². The smallest absolute Gasteiger partial charge is 0.0699 e. The van der Waals surface area contributed by atoms with Crippen molar-refractivity contribution in [3.63, 3.8) is 0 Å². The molecule has 0 bridgehead atoms. The van der Waals surface area contributed by atoms with Crippen molar-refractivity contribution in [3.8, 4) is 5.69 Å². The standard InChI is InChI=1S/C23H26ClN3/c1-17-15-21(27-14-8-12-25-27)18(2)23(22(17)24)26-13-7-6-11-20(26)16-19-9-4-3-5-10-19/h3-5,8-10,12,14-15,20H,6-7,11,13,16H2,1-2H3. The van der Waals surface area contributed by atoms with Crippen molar-refractivity contribution in [2.24, 2.45) is 0 Å². The van der Waals surface area contributed by atoms with Gasteiger partial charge in [-0.3, -0.25) is 0 Å². The highest BCUT2D eigenvalue weighted by atomic mass is 35.5.